The summed E-state index contributed by atoms with van der Waals surface area (Å²) >= 11 is 0. The molecule has 1 amide bonds. The summed E-state index contributed by atoms with van der Waals surface area (Å²) in [5, 5.41) is 4.49. The van der Waals surface area contributed by atoms with Crippen molar-refractivity contribution < 1.29 is 4.79 Å². The largest absolute Gasteiger partial charge is 0.337 e. The number of hydrogen-bond donors (Lipinski definition) is 0. The lowest BCUT2D eigenvalue weighted by molar-refractivity contribution is 0.0633. The molecule has 0 N–H and O–H groups in total. The number of likely N-dealkylation sites (tertiary alicyclic amines) is 1. The maximum Gasteiger partial charge on any atom is 0.257 e. The van der Waals surface area contributed by atoms with Gasteiger partial charge in [0.2, 0.25) is 0 Å². The molecule has 1 aliphatic rings. The number of amides is 1. The summed E-state index contributed by atoms with van der Waals surface area (Å²) in [6.45, 7) is 10.1. The second kappa shape index (κ2) is 6.41. The lowest BCUT2D eigenvalue weighted by atomic mass is 10.0. The Morgan fingerprint density at radius 3 is 2.64 bits per heavy atom. The van der Waals surface area contributed by atoms with Crippen LogP contribution in [-0.2, 0) is 12.0 Å². The van der Waals surface area contributed by atoms with Crippen molar-refractivity contribution in [1.82, 2.24) is 19.6 Å². The van der Waals surface area contributed by atoms with Crippen LogP contribution >= 0.6 is 0 Å². The molecule has 124 valence electrons. The van der Waals surface area contributed by atoms with Gasteiger partial charge in [-0.3, -0.25) is 9.48 Å². The third-order valence-electron chi connectivity index (χ3n) is 4.48. The number of hydrogen-bond acceptors (Lipinski definition) is 3. The van der Waals surface area contributed by atoms with Crippen LogP contribution in [-0.4, -0.2) is 58.7 Å². The van der Waals surface area contributed by atoms with Gasteiger partial charge in [-0.25, -0.2) is 0 Å². The molecule has 1 aromatic rings. The lowest BCUT2D eigenvalue weighted by Gasteiger charge is -2.36. The van der Waals surface area contributed by atoms with E-state index >= 15 is 0 Å². The zero-order chi connectivity index (χ0) is 16.5. The summed E-state index contributed by atoms with van der Waals surface area (Å²) in [6, 6.07) is 0.459. The van der Waals surface area contributed by atoms with Crippen molar-refractivity contribution in [2.75, 3.05) is 27.2 Å². The van der Waals surface area contributed by atoms with E-state index < -0.39 is 0 Å². The standard InChI is InChI=1S/C17H30N4O/c1-7-15-14(11-18-21(15)17(2,3)4)16(22)20-10-8-9-13(12-20)19(5)6/h11,13H,7-10,12H2,1-6H3. The second-order valence-electron chi connectivity index (χ2n) is 7.45. The summed E-state index contributed by atoms with van der Waals surface area (Å²) in [7, 11) is 4.18. The Hall–Kier alpha value is -1.36. The molecule has 0 bridgehead atoms. The number of likely N-dealkylation sites (N-methyl/N-ethyl adjacent to an activating group) is 1. The van der Waals surface area contributed by atoms with Crippen molar-refractivity contribution in [3.05, 3.63) is 17.5 Å². The predicted octanol–water partition coefficient (Wildman–Crippen LogP) is 2.37. The van der Waals surface area contributed by atoms with E-state index in [4.69, 9.17) is 0 Å². The van der Waals surface area contributed by atoms with Crippen molar-refractivity contribution in [3.63, 3.8) is 0 Å². The van der Waals surface area contributed by atoms with E-state index in [1.165, 1.54) is 6.42 Å². The Morgan fingerprint density at radius 1 is 1.41 bits per heavy atom. The van der Waals surface area contributed by atoms with Gasteiger partial charge in [-0.1, -0.05) is 6.92 Å². The van der Waals surface area contributed by atoms with Gasteiger partial charge in [-0.05, 0) is 54.1 Å². The summed E-state index contributed by atoms with van der Waals surface area (Å²) in [5.41, 5.74) is 1.72. The van der Waals surface area contributed by atoms with Gasteiger partial charge in [0.1, 0.15) is 0 Å². The second-order valence-corrected chi connectivity index (χ2v) is 7.45. The van der Waals surface area contributed by atoms with E-state index in [1.54, 1.807) is 6.20 Å². The highest BCUT2D eigenvalue weighted by atomic mass is 16.2. The smallest absolute Gasteiger partial charge is 0.257 e. The fraction of sp³-hybridized carbons (Fsp3) is 0.765. The highest BCUT2D eigenvalue weighted by Crippen LogP contribution is 2.23. The molecule has 22 heavy (non-hydrogen) atoms. The summed E-state index contributed by atoms with van der Waals surface area (Å²) in [6.07, 6.45) is 4.82. The molecule has 1 saturated heterocycles. The molecule has 0 spiro atoms. The van der Waals surface area contributed by atoms with Crippen LogP contribution in [0.25, 0.3) is 0 Å². The molecule has 1 aromatic heterocycles. The quantitative estimate of drug-likeness (QED) is 0.861. The first-order chi connectivity index (χ1) is 10.3. The third-order valence-corrected chi connectivity index (χ3v) is 4.48. The zero-order valence-electron chi connectivity index (χ0n) is 14.9. The minimum absolute atomic E-state index is 0.0993. The maximum atomic E-state index is 12.9. The van der Waals surface area contributed by atoms with Crippen molar-refractivity contribution >= 4 is 5.91 Å². The van der Waals surface area contributed by atoms with Crippen molar-refractivity contribution in [1.29, 1.82) is 0 Å². The maximum absolute atomic E-state index is 12.9. The first-order valence-electron chi connectivity index (χ1n) is 8.28. The van der Waals surface area contributed by atoms with Gasteiger partial charge in [0.05, 0.1) is 23.0 Å². The molecule has 0 saturated carbocycles. The first-order valence-corrected chi connectivity index (χ1v) is 8.28. The van der Waals surface area contributed by atoms with E-state index in [0.29, 0.717) is 6.04 Å². The van der Waals surface area contributed by atoms with Crippen LogP contribution in [0.4, 0.5) is 0 Å². The van der Waals surface area contributed by atoms with Gasteiger partial charge >= 0.3 is 0 Å². The van der Waals surface area contributed by atoms with E-state index in [0.717, 1.165) is 37.2 Å². The average Bonchev–Trinajstić information content (AvgIpc) is 2.90. The number of carbonyl (C=O) groups is 1. The lowest BCUT2D eigenvalue weighted by Crippen LogP contribution is -2.47. The van der Waals surface area contributed by atoms with Crippen LogP contribution in [0.5, 0.6) is 0 Å². The molecular formula is C17H30N4O. The van der Waals surface area contributed by atoms with E-state index in [9.17, 15) is 4.79 Å². The number of carbonyl (C=O) groups excluding carboxylic acids is 1. The van der Waals surface area contributed by atoms with Gasteiger partial charge in [0, 0.05) is 19.1 Å². The van der Waals surface area contributed by atoms with Gasteiger partial charge in [0.15, 0.2) is 0 Å². The minimum Gasteiger partial charge on any atom is -0.337 e. The molecule has 1 atom stereocenters. The Balaban J connectivity index is 2.24. The van der Waals surface area contributed by atoms with Crippen LogP contribution in [0.2, 0.25) is 0 Å². The van der Waals surface area contributed by atoms with E-state index in [2.05, 4.69) is 51.8 Å². The first kappa shape index (κ1) is 17.0. The Morgan fingerprint density at radius 2 is 2.09 bits per heavy atom. The molecule has 1 fully saturated rings. The molecule has 5 heteroatoms. The summed E-state index contributed by atoms with van der Waals surface area (Å²) < 4.78 is 1.99. The van der Waals surface area contributed by atoms with Crippen LogP contribution in [0.1, 0.15) is 56.6 Å². The Labute approximate surface area is 134 Å². The normalized spacial score (nSPS) is 19.8. The number of nitrogens with zero attached hydrogens (tertiary/aromatic N) is 4. The van der Waals surface area contributed by atoms with Crippen molar-refractivity contribution in [3.8, 4) is 0 Å². The zero-order valence-corrected chi connectivity index (χ0v) is 14.9. The fourth-order valence-corrected chi connectivity index (χ4v) is 3.20. The Kier molecular flexibility index (Phi) is 4.95. The molecule has 0 radical (unpaired) electrons. The van der Waals surface area contributed by atoms with Gasteiger partial charge in [0.25, 0.3) is 5.91 Å². The van der Waals surface area contributed by atoms with Crippen LogP contribution in [0.3, 0.4) is 0 Å². The van der Waals surface area contributed by atoms with E-state index in [1.807, 2.05) is 9.58 Å². The fourth-order valence-electron chi connectivity index (χ4n) is 3.20. The average molecular weight is 306 g/mol. The molecule has 5 nitrogen and oxygen atoms in total. The highest BCUT2D eigenvalue weighted by molar-refractivity contribution is 5.95. The highest BCUT2D eigenvalue weighted by Gasteiger charge is 2.29. The molecular weight excluding hydrogens is 276 g/mol. The van der Waals surface area contributed by atoms with Crippen molar-refractivity contribution in [2.45, 2.75) is 58.5 Å². The SMILES string of the molecule is CCc1c(C(=O)N2CCCC(N(C)C)C2)cnn1C(C)(C)C. The van der Waals surface area contributed by atoms with Crippen LogP contribution < -0.4 is 0 Å². The van der Waals surface area contributed by atoms with Gasteiger partial charge < -0.3 is 9.80 Å². The third kappa shape index (κ3) is 3.35. The van der Waals surface area contributed by atoms with Crippen LogP contribution in [0.15, 0.2) is 6.20 Å². The monoisotopic (exact) mass is 306 g/mol. The van der Waals surface area contributed by atoms with E-state index in [-0.39, 0.29) is 11.4 Å². The molecule has 0 aliphatic carbocycles. The summed E-state index contributed by atoms with van der Waals surface area (Å²) in [4.78, 5) is 17.2. The number of rotatable bonds is 3. The molecule has 2 rings (SSSR count). The predicted molar refractivity (Wildman–Crippen MR) is 89.2 cm³/mol. The van der Waals surface area contributed by atoms with Crippen LogP contribution in [0, 0.1) is 0 Å². The Bertz CT molecular complexity index is 527. The number of aromatic nitrogens is 2. The summed E-state index contributed by atoms with van der Waals surface area (Å²) in [5.74, 6) is 0.138. The van der Waals surface area contributed by atoms with Gasteiger partial charge in [-0.15, -0.1) is 0 Å². The molecule has 1 aliphatic heterocycles. The molecule has 1 unspecified atom stereocenters. The topological polar surface area (TPSA) is 41.4 Å². The molecule has 0 aromatic carbocycles. The number of piperidine rings is 1. The van der Waals surface area contributed by atoms with Crippen molar-refractivity contribution in [2.24, 2.45) is 0 Å². The van der Waals surface area contributed by atoms with Gasteiger partial charge in [-0.2, -0.15) is 5.10 Å². The minimum atomic E-state index is -0.0993. The molecule has 2 heterocycles.